The number of carbonyl (C=O) groups is 2. The number of anilines is 2. The van der Waals surface area contributed by atoms with Gasteiger partial charge in [0.15, 0.2) is 0 Å². The van der Waals surface area contributed by atoms with Gasteiger partial charge in [-0.2, -0.15) is 0 Å². The minimum absolute atomic E-state index is 0.0276. The third-order valence-corrected chi connectivity index (χ3v) is 7.67. The molecule has 2 amide bonds. The molecule has 2 atom stereocenters. The lowest BCUT2D eigenvalue weighted by atomic mass is 9.96. The molecule has 0 aliphatic rings. The first-order valence-corrected chi connectivity index (χ1v) is 15.1. The highest BCUT2D eigenvalue weighted by atomic mass is 16.2. The van der Waals surface area contributed by atoms with E-state index in [1.165, 1.54) is 11.1 Å². The van der Waals surface area contributed by atoms with Gasteiger partial charge in [-0.1, -0.05) is 100 Å². The van der Waals surface area contributed by atoms with Gasteiger partial charge in [-0.05, 0) is 96.2 Å². The van der Waals surface area contributed by atoms with Crippen LogP contribution in [0.15, 0.2) is 97.1 Å². The topological polar surface area (TPSA) is 58.2 Å². The maximum atomic E-state index is 12.9. The Morgan fingerprint density at radius 1 is 0.476 bits per heavy atom. The minimum atomic E-state index is -0.243. The van der Waals surface area contributed by atoms with Crippen LogP contribution in [-0.2, 0) is 22.4 Å². The van der Waals surface area contributed by atoms with E-state index in [4.69, 9.17) is 0 Å². The lowest BCUT2D eigenvalue weighted by molar-refractivity contribution is -0.118. The highest BCUT2D eigenvalue weighted by molar-refractivity contribution is 5.96. The third kappa shape index (κ3) is 8.42. The minimum Gasteiger partial charge on any atom is -0.326 e. The average Bonchev–Trinajstić information content (AvgIpc) is 2.97. The maximum absolute atomic E-state index is 12.9. The van der Waals surface area contributed by atoms with Crippen LogP contribution in [0.3, 0.4) is 0 Å². The second kappa shape index (κ2) is 14.1. The summed E-state index contributed by atoms with van der Waals surface area (Å²) in [6, 6.07) is 32.4. The Morgan fingerprint density at radius 2 is 0.786 bits per heavy atom. The molecule has 0 heterocycles. The largest absolute Gasteiger partial charge is 0.326 e. The summed E-state index contributed by atoms with van der Waals surface area (Å²) in [6.07, 6.45) is 2.08. The van der Waals surface area contributed by atoms with Crippen LogP contribution in [0.4, 0.5) is 11.4 Å². The van der Waals surface area contributed by atoms with E-state index in [0.29, 0.717) is 11.8 Å². The van der Waals surface area contributed by atoms with Gasteiger partial charge in [0.2, 0.25) is 11.8 Å². The summed E-state index contributed by atoms with van der Waals surface area (Å²) in [5.74, 6) is 0.672. The zero-order chi connectivity index (χ0) is 30.2. The number of hydrogen-bond donors (Lipinski definition) is 2. The molecular weight excluding hydrogens is 516 g/mol. The molecule has 2 N–H and O–H groups in total. The molecule has 42 heavy (non-hydrogen) atoms. The predicted octanol–water partition coefficient (Wildman–Crippen LogP) is 9.23. The predicted molar refractivity (Wildman–Crippen MR) is 176 cm³/mol. The number of nitrogens with one attached hydrogen (secondary N) is 2. The van der Waals surface area contributed by atoms with Crippen molar-refractivity contribution in [2.24, 2.45) is 11.8 Å². The van der Waals surface area contributed by atoms with Crippen LogP contribution in [0.2, 0.25) is 0 Å². The highest BCUT2D eigenvalue weighted by Crippen LogP contribution is 2.26. The van der Waals surface area contributed by atoms with Gasteiger partial charge in [-0.25, -0.2) is 0 Å². The SMILES string of the molecule is CC(C)Cc1ccc(C(C)C(=O)Nc2ccc(-c3ccc(NC(=O)C(C)c4ccc(CC(C)C)cc4)cc3)cc2)cc1. The number of carbonyl (C=O) groups excluding carboxylic acids is 2. The summed E-state index contributed by atoms with van der Waals surface area (Å²) in [5, 5.41) is 6.09. The zero-order valence-corrected chi connectivity index (χ0v) is 25.8. The molecule has 4 nitrogen and oxygen atoms in total. The summed E-state index contributed by atoms with van der Waals surface area (Å²) in [4.78, 5) is 25.8. The van der Waals surface area contributed by atoms with Crippen molar-refractivity contribution < 1.29 is 9.59 Å². The van der Waals surface area contributed by atoms with Crippen molar-refractivity contribution in [2.75, 3.05) is 10.6 Å². The molecule has 0 aliphatic heterocycles. The summed E-state index contributed by atoms with van der Waals surface area (Å²) in [7, 11) is 0. The van der Waals surface area contributed by atoms with Crippen LogP contribution in [0.1, 0.15) is 75.6 Å². The van der Waals surface area contributed by atoms with Gasteiger partial charge >= 0.3 is 0 Å². The van der Waals surface area contributed by atoms with E-state index in [2.05, 4.69) is 86.9 Å². The van der Waals surface area contributed by atoms with Crippen molar-refractivity contribution in [3.05, 3.63) is 119 Å². The molecule has 0 bridgehead atoms. The second-order valence-electron chi connectivity index (χ2n) is 12.3. The Labute approximate surface area is 251 Å². The lowest BCUT2D eigenvalue weighted by Crippen LogP contribution is -2.19. The van der Waals surface area contributed by atoms with E-state index in [-0.39, 0.29) is 23.7 Å². The maximum Gasteiger partial charge on any atom is 0.231 e. The molecular formula is C38H44N2O2. The standard InChI is InChI=1S/C38H44N2O2/c1-25(2)23-29-7-11-31(12-8-29)27(5)37(41)39-35-19-15-33(16-20-35)34-17-21-36(22-18-34)40-38(42)28(6)32-13-9-30(10-14-32)24-26(3)4/h7-22,25-28H,23-24H2,1-6H3,(H,39,41)(H,40,42). The molecule has 0 radical (unpaired) electrons. The van der Waals surface area contributed by atoms with Gasteiger partial charge in [0.25, 0.3) is 0 Å². The summed E-state index contributed by atoms with van der Waals surface area (Å²) in [6.45, 7) is 12.7. The van der Waals surface area contributed by atoms with Crippen molar-refractivity contribution in [1.29, 1.82) is 0 Å². The Balaban J connectivity index is 1.31. The molecule has 0 aromatic heterocycles. The van der Waals surface area contributed by atoms with Gasteiger partial charge in [0, 0.05) is 11.4 Å². The average molecular weight is 561 g/mol. The van der Waals surface area contributed by atoms with Crippen LogP contribution in [0.5, 0.6) is 0 Å². The van der Waals surface area contributed by atoms with E-state index in [1.807, 2.05) is 62.4 Å². The monoisotopic (exact) mass is 560 g/mol. The zero-order valence-electron chi connectivity index (χ0n) is 25.8. The first-order chi connectivity index (χ1) is 20.1. The van der Waals surface area contributed by atoms with Gasteiger partial charge in [-0.3, -0.25) is 9.59 Å². The Hall–Kier alpha value is -4.18. The molecule has 0 fully saturated rings. The van der Waals surface area contributed by atoms with Crippen molar-refractivity contribution in [1.82, 2.24) is 0 Å². The number of rotatable bonds is 11. The molecule has 0 aliphatic carbocycles. The van der Waals surface area contributed by atoms with E-state index >= 15 is 0 Å². The van der Waals surface area contributed by atoms with Gasteiger partial charge in [-0.15, -0.1) is 0 Å². The van der Waals surface area contributed by atoms with E-state index < -0.39 is 0 Å². The number of amides is 2. The first kappa shape index (κ1) is 30.8. The highest BCUT2D eigenvalue weighted by Gasteiger charge is 2.17. The number of hydrogen-bond acceptors (Lipinski definition) is 2. The third-order valence-electron chi connectivity index (χ3n) is 7.67. The van der Waals surface area contributed by atoms with E-state index in [0.717, 1.165) is 46.5 Å². The van der Waals surface area contributed by atoms with Crippen LogP contribution in [0, 0.1) is 11.8 Å². The van der Waals surface area contributed by atoms with Gasteiger partial charge < -0.3 is 10.6 Å². The summed E-state index contributed by atoms with van der Waals surface area (Å²) in [5.41, 5.74) is 8.22. The molecule has 218 valence electrons. The summed E-state index contributed by atoms with van der Waals surface area (Å²) < 4.78 is 0. The molecule has 0 spiro atoms. The molecule has 0 saturated heterocycles. The molecule has 4 heteroatoms. The van der Waals surface area contributed by atoms with Crippen LogP contribution >= 0.6 is 0 Å². The normalized spacial score (nSPS) is 12.7. The molecule has 4 rings (SSSR count). The van der Waals surface area contributed by atoms with Crippen LogP contribution < -0.4 is 10.6 Å². The van der Waals surface area contributed by atoms with Crippen molar-refractivity contribution >= 4 is 23.2 Å². The molecule has 2 unspecified atom stereocenters. The molecule has 4 aromatic carbocycles. The van der Waals surface area contributed by atoms with Crippen molar-refractivity contribution in [3.63, 3.8) is 0 Å². The molecule has 4 aromatic rings. The fraction of sp³-hybridized carbons (Fsp3) is 0.316. The Bertz CT molecular complexity index is 1340. The fourth-order valence-corrected chi connectivity index (χ4v) is 5.12. The first-order valence-electron chi connectivity index (χ1n) is 15.1. The van der Waals surface area contributed by atoms with Gasteiger partial charge in [0.1, 0.15) is 0 Å². The smallest absolute Gasteiger partial charge is 0.231 e. The Kier molecular flexibility index (Phi) is 10.4. The van der Waals surface area contributed by atoms with Crippen molar-refractivity contribution in [3.8, 4) is 11.1 Å². The second-order valence-corrected chi connectivity index (χ2v) is 12.3. The van der Waals surface area contributed by atoms with E-state index in [9.17, 15) is 9.59 Å². The van der Waals surface area contributed by atoms with Gasteiger partial charge in [0.05, 0.1) is 11.8 Å². The van der Waals surface area contributed by atoms with E-state index in [1.54, 1.807) is 0 Å². The Morgan fingerprint density at radius 3 is 1.07 bits per heavy atom. The number of benzene rings is 4. The fourth-order valence-electron chi connectivity index (χ4n) is 5.12. The quantitative estimate of drug-likeness (QED) is 0.192. The molecule has 0 saturated carbocycles. The van der Waals surface area contributed by atoms with Crippen LogP contribution in [0.25, 0.3) is 11.1 Å². The summed E-state index contributed by atoms with van der Waals surface area (Å²) >= 11 is 0. The lowest BCUT2D eigenvalue weighted by Gasteiger charge is -2.15. The van der Waals surface area contributed by atoms with Crippen molar-refractivity contribution in [2.45, 2.75) is 66.2 Å². The van der Waals surface area contributed by atoms with Crippen LogP contribution in [-0.4, -0.2) is 11.8 Å².